The minimum absolute atomic E-state index is 0.576. The second kappa shape index (κ2) is 12.0. The Morgan fingerprint density at radius 2 is 2.12 bits per heavy atom. The van der Waals surface area contributed by atoms with Gasteiger partial charge in [0.15, 0.2) is 6.29 Å². The number of carbonyl (C=O) groups excluding carboxylic acids is 1. The monoisotopic (exact) mass is 372 g/mol. The van der Waals surface area contributed by atoms with Gasteiger partial charge in [0.2, 0.25) is 0 Å². The molecule has 0 saturated heterocycles. The minimum Gasteiger partial charge on any atom is -0.385 e. The van der Waals surface area contributed by atoms with E-state index in [1.165, 1.54) is 11.3 Å². The number of rotatable bonds is 8. The summed E-state index contributed by atoms with van der Waals surface area (Å²) in [6.07, 6.45) is 11.2. The Hall–Kier alpha value is -2.47. The first-order valence-corrected chi connectivity index (χ1v) is 9.79. The zero-order chi connectivity index (χ0) is 19.4. The van der Waals surface area contributed by atoms with Crippen LogP contribution in [0, 0.1) is 0 Å². The molecule has 0 spiro atoms. The first-order chi connectivity index (χ1) is 12.7. The first-order valence-electron chi connectivity index (χ1n) is 8.97. The van der Waals surface area contributed by atoms with E-state index in [2.05, 4.69) is 33.6 Å². The summed E-state index contributed by atoms with van der Waals surface area (Å²) in [6.45, 7) is 10.9. The number of hydrogen-bond acceptors (Lipinski definition) is 5. The smallest absolute Gasteiger partial charge is 0.162 e. The summed E-state index contributed by atoms with van der Waals surface area (Å²) in [4.78, 5) is 21.6. The molecule has 0 bridgehead atoms. The summed E-state index contributed by atoms with van der Waals surface area (Å²) in [6, 6.07) is 1.90. The van der Waals surface area contributed by atoms with Gasteiger partial charge in [-0.3, -0.25) is 4.79 Å². The second-order valence-electron chi connectivity index (χ2n) is 4.96. The molecule has 0 unspecified atom stereocenters. The SMILES string of the molecule is C/C=C(\C=C/CC)NC=Nc1c(C=O)sc2nccc(NCC)c12.CC. The molecule has 5 nitrogen and oxygen atoms in total. The third-order valence-corrected chi connectivity index (χ3v) is 4.35. The normalized spacial score (nSPS) is 11.7. The van der Waals surface area contributed by atoms with Gasteiger partial charge >= 0.3 is 0 Å². The molecule has 0 saturated carbocycles. The summed E-state index contributed by atoms with van der Waals surface area (Å²) in [5, 5.41) is 7.33. The van der Waals surface area contributed by atoms with Crippen molar-refractivity contribution in [3.63, 3.8) is 0 Å². The molecule has 6 heteroatoms. The van der Waals surface area contributed by atoms with E-state index in [-0.39, 0.29) is 0 Å². The topological polar surface area (TPSA) is 66.4 Å². The fourth-order valence-electron chi connectivity index (χ4n) is 2.21. The van der Waals surface area contributed by atoms with Crippen LogP contribution in [-0.4, -0.2) is 24.2 Å². The minimum atomic E-state index is 0.576. The number of aromatic nitrogens is 1. The third kappa shape index (κ3) is 5.52. The zero-order valence-electron chi connectivity index (χ0n) is 16.2. The molecule has 0 aliphatic carbocycles. The van der Waals surface area contributed by atoms with Crippen LogP contribution in [0.5, 0.6) is 0 Å². The number of hydrogen-bond donors (Lipinski definition) is 2. The number of fused-ring (bicyclic) bond motifs is 1. The van der Waals surface area contributed by atoms with Crippen molar-refractivity contribution < 1.29 is 4.79 Å². The van der Waals surface area contributed by atoms with Gasteiger partial charge in [0.05, 0.1) is 22.3 Å². The van der Waals surface area contributed by atoms with E-state index >= 15 is 0 Å². The number of anilines is 1. The standard InChI is InChI=1S/C18H22N4OS.C2H6/c1-4-7-8-13(5-2)21-12-22-17-15(11-23)24-18-16(17)14(19-6-3)9-10-20-18;1-2/h5,7-12H,4,6H2,1-3H3,(H,19,20)(H,21,22);1-2H3/b8-7-,13-5+;. The van der Waals surface area contributed by atoms with Crippen LogP contribution in [0.2, 0.25) is 0 Å². The molecule has 2 aromatic heterocycles. The maximum absolute atomic E-state index is 11.4. The Bertz CT molecular complexity index is 790. The van der Waals surface area contributed by atoms with E-state index in [9.17, 15) is 4.79 Å². The quantitative estimate of drug-likeness (QED) is 0.270. The van der Waals surface area contributed by atoms with Crippen molar-refractivity contribution in [1.29, 1.82) is 0 Å². The lowest BCUT2D eigenvalue weighted by Gasteiger charge is -2.05. The summed E-state index contributed by atoms with van der Waals surface area (Å²) < 4.78 is 0. The van der Waals surface area contributed by atoms with Crippen LogP contribution in [0.3, 0.4) is 0 Å². The number of carbonyl (C=O) groups is 1. The highest BCUT2D eigenvalue weighted by atomic mass is 32.1. The van der Waals surface area contributed by atoms with Crippen molar-refractivity contribution in [2.75, 3.05) is 11.9 Å². The average Bonchev–Trinajstić information content (AvgIpc) is 3.05. The molecule has 2 aromatic rings. The highest BCUT2D eigenvalue weighted by Crippen LogP contribution is 2.39. The van der Waals surface area contributed by atoms with E-state index in [0.29, 0.717) is 10.6 Å². The van der Waals surface area contributed by atoms with Crippen LogP contribution >= 0.6 is 11.3 Å². The van der Waals surface area contributed by atoms with Crippen molar-refractivity contribution in [2.24, 2.45) is 4.99 Å². The van der Waals surface area contributed by atoms with Gasteiger partial charge in [-0.15, -0.1) is 11.3 Å². The van der Waals surface area contributed by atoms with Gasteiger partial charge < -0.3 is 10.6 Å². The van der Waals surface area contributed by atoms with Gasteiger partial charge in [0.1, 0.15) is 4.83 Å². The zero-order valence-corrected chi connectivity index (χ0v) is 17.0. The summed E-state index contributed by atoms with van der Waals surface area (Å²) in [7, 11) is 0. The molecule has 26 heavy (non-hydrogen) atoms. The fraction of sp³-hybridized carbons (Fsp3) is 0.350. The third-order valence-electron chi connectivity index (χ3n) is 3.34. The molecule has 2 heterocycles. The number of aliphatic imine (C=N–C) groups is 1. The highest BCUT2D eigenvalue weighted by molar-refractivity contribution is 7.21. The van der Waals surface area contributed by atoms with Crippen LogP contribution in [0.4, 0.5) is 11.4 Å². The van der Waals surface area contributed by atoms with Crippen molar-refractivity contribution in [3.05, 3.63) is 41.1 Å². The van der Waals surface area contributed by atoms with Crippen LogP contribution < -0.4 is 10.6 Å². The van der Waals surface area contributed by atoms with Crippen molar-refractivity contribution in [1.82, 2.24) is 10.3 Å². The maximum atomic E-state index is 11.4. The fourth-order valence-corrected chi connectivity index (χ4v) is 3.14. The number of nitrogens with one attached hydrogen (secondary N) is 2. The van der Waals surface area contributed by atoms with E-state index < -0.39 is 0 Å². The first kappa shape index (κ1) is 21.6. The van der Waals surface area contributed by atoms with Crippen molar-refractivity contribution in [3.8, 4) is 0 Å². The second-order valence-corrected chi connectivity index (χ2v) is 5.99. The van der Waals surface area contributed by atoms with Crippen molar-refractivity contribution in [2.45, 2.75) is 41.0 Å². The number of pyridine rings is 1. The van der Waals surface area contributed by atoms with E-state index in [4.69, 9.17) is 0 Å². The molecule has 0 amide bonds. The molecule has 0 fully saturated rings. The molecule has 2 N–H and O–H groups in total. The number of allylic oxidation sites excluding steroid dienone is 3. The maximum Gasteiger partial charge on any atom is 0.162 e. The van der Waals surface area contributed by atoms with Crippen LogP contribution in [0.1, 0.15) is 50.7 Å². The molecule has 0 radical (unpaired) electrons. The van der Waals surface area contributed by atoms with E-state index in [1.807, 2.05) is 45.9 Å². The molecular formula is C20H28N4OS. The number of aldehydes is 1. The number of nitrogens with zero attached hydrogens (tertiary/aromatic N) is 2. The lowest BCUT2D eigenvalue weighted by molar-refractivity contribution is 0.112. The summed E-state index contributed by atoms with van der Waals surface area (Å²) in [5.74, 6) is 0. The van der Waals surface area contributed by atoms with Gasteiger partial charge in [-0.25, -0.2) is 9.98 Å². The summed E-state index contributed by atoms with van der Waals surface area (Å²) in [5.41, 5.74) is 2.55. The Morgan fingerprint density at radius 3 is 2.73 bits per heavy atom. The molecule has 2 rings (SSSR count). The predicted octanol–water partition coefficient (Wildman–Crippen LogP) is 5.69. The van der Waals surface area contributed by atoms with Crippen molar-refractivity contribution >= 4 is 45.6 Å². The molecule has 140 valence electrons. The molecular weight excluding hydrogens is 344 g/mol. The van der Waals surface area contributed by atoms with Gasteiger partial charge in [-0.2, -0.15) is 0 Å². The highest BCUT2D eigenvalue weighted by Gasteiger charge is 2.15. The predicted molar refractivity (Wildman–Crippen MR) is 115 cm³/mol. The van der Waals surface area contributed by atoms with Gasteiger partial charge in [0, 0.05) is 24.1 Å². The van der Waals surface area contributed by atoms with Crippen LogP contribution in [0.15, 0.2) is 41.2 Å². The molecule has 0 aliphatic heterocycles. The lowest BCUT2D eigenvalue weighted by atomic mass is 10.2. The Balaban J connectivity index is 0.00000163. The van der Waals surface area contributed by atoms with Crippen LogP contribution in [-0.2, 0) is 0 Å². The Morgan fingerprint density at radius 1 is 1.35 bits per heavy atom. The Labute approximate surface area is 160 Å². The van der Waals surface area contributed by atoms with Gasteiger partial charge in [-0.05, 0) is 32.4 Å². The molecule has 0 aliphatic rings. The van der Waals surface area contributed by atoms with Gasteiger partial charge in [-0.1, -0.05) is 32.9 Å². The van der Waals surface area contributed by atoms with E-state index in [1.54, 1.807) is 12.5 Å². The lowest BCUT2D eigenvalue weighted by Crippen LogP contribution is -2.08. The van der Waals surface area contributed by atoms with Gasteiger partial charge in [0.25, 0.3) is 0 Å². The average molecular weight is 373 g/mol. The molecule has 0 atom stereocenters. The summed E-state index contributed by atoms with van der Waals surface area (Å²) >= 11 is 1.35. The number of thiophene rings is 1. The van der Waals surface area contributed by atoms with E-state index in [0.717, 1.165) is 40.9 Å². The largest absolute Gasteiger partial charge is 0.385 e. The molecule has 0 aromatic carbocycles. The van der Waals surface area contributed by atoms with Crippen LogP contribution in [0.25, 0.3) is 10.2 Å². The Kier molecular flexibility index (Phi) is 9.94.